The molecule has 2 N–H and O–H groups in total. The van der Waals surface area contributed by atoms with Crippen molar-refractivity contribution in [2.45, 2.75) is 13.0 Å². The summed E-state index contributed by atoms with van der Waals surface area (Å²) in [5, 5.41) is 6.17. The molecule has 4 nitrogen and oxygen atoms in total. The lowest BCUT2D eigenvalue weighted by molar-refractivity contribution is -0.122. The second-order valence-corrected chi connectivity index (χ2v) is 6.69. The molecule has 0 aliphatic rings. The van der Waals surface area contributed by atoms with Crippen LogP contribution in [0, 0.1) is 0 Å². The van der Waals surface area contributed by atoms with E-state index in [1.165, 1.54) is 0 Å². The molecule has 0 saturated carbocycles. The predicted octanol–water partition coefficient (Wildman–Crippen LogP) is 5.60. The fourth-order valence-electron chi connectivity index (χ4n) is 2.34. The second kappa shape index (κ2) is 8.54. The minimum atomic E-state index is -0.599. The Labute approximate surface area is 161 Å². The SMILES string of the molecule is CC(Oc1ccc(Br)cc1)C(=O)Nc1ccc(Nc2ccccc2)cc1. The van der Waals surface area contributed by atoms with Gasteiger partial charge in [0.25, 0.3) is 5.91 Å². The van der Waals surface area contributed by atoms with Crippen LogP contribution in [0.3, 0.4) is 0 Å². The van der Waals surface area contributed by atoms with E-state index in [9.17, 15) is 4.79 Å². The zero-order valence-corrected chi connectivity index (χ0v) is 15.9. The number of amides is 1. The number of para-hydroxylation sites is 1. The van der Waals surface area contributed by atoms with Gasteiger partial charge in [-0.2, -0.15) is 0 Å². The number of hydrogen-bond acceptors (Lipinski definition) is 3. The summed E-state index contributed by atoms with van der Waals surface area (Å²) in [5.41, 5.74) is 2.69. The normalized spacial score (nSPS) is 11.5. The van der Waals surface area contributed by atoms with E-state index < -0.39 is 6.10 Å². The zero-order valence-electron chi connectivity index (χ0n) is 14.3. The lowest BCUT2D eigenvalue weighted by Crippen LogP contribution is -2.30. The van der Waals surface area contributed by atoms with Crippen molar-refractivity contribution in [1.29, 1.82) is 0 Å². The van der Waals surface area contributed by atoms with Gasteiger partial charge in [0.2, 0.25) is 0 Å². The van der Waals surface area contributed by atoms with Gasteiger partial charge in [0.05, 0.1) is 0 Å². The summed E-state index contributed by atoms with van der Waals surface area (Å²) < 4.78 is 6.62. The molecule has 0 saturated heterocycles. The van der Waals surface area contributed by atoms with E-state index >= 15 is 0 Å². The first-order valence-electron chi connectivity index (χ1n) is 8.25. The Balaban J connectivity index is 1.56. The van der Waals surface area contributed by atoms with Crippen LogP contribution in [0.25, 0.3) is 0 Å². The molecule has 0 spiro atoms. The number of carbonyl (C=O) groups excluding carboxylic acids is 1. The summed E-state index contributed by atoms with van der Waals surface area (Å²) in [5.74, 6) is 0.454. The summed E-state index contributed by atoms with van der Waals surface area (Å²) in [6.07, 6.45) is -0.599. The molecule has 0 heterocycles. The summed E-state index contributed by atoms with van der Waals surface area (Å²) in [7, 11) is 0. The minimum Gasteiger partial charge on any atom is -0.481 e. The molecule has 0 aromatic heterocycles. The highest BCUT2D eigenvalue weighted by molar-refractivity contribution is 9.10. The standard InChI is InChI=1S/C21H19BrN2O2/c1-15(26-20-13-7-16(22)8-14-20)21(25)24-19-11-9-18(10-12-19)23-17-5-3-2-4-6-17/h2-15,23H,1H3,(H,24,25). The van der Waals surface area contributed by atoms with Gasteiger partial charge in [-0.3, -0.25) is 4.79 Å². The van der Waals surface area contributed by atoms with Crippen LogP contribution >= 0.6 is 15.9 Å². The van der Waals surface area contributed by atoms with E-state index in [1.807, 2.05) is 78.9 Å². The van der Waals surface area contributed by atoms with E-state index in [0.717, 1.165) is 21.5 Å². The van der Waals surface area contributed by atoms with Crippen LogP contribution in [0.4, 0.5) is 17.1 Å². The third-order valence-corrected chi connectivity index (χ3v) is 4.24. The van der Waals surface area contributed by atoms with Crippen molar-refractivity contribution in [1.82, 2.24) is 0 Å². The van der Waals surface area contributed by atoms with E-state index in [0.29, 0.717) is 5.75 Å². The average Bonchev–Trinajstić information content (AvgIpc) is 2.66. The molecule has 0 aliphatic carbocycles. The maximum Gasteiger partial charge on any atom is 0.265 e. The maximum atomic E-state index is 12.3. The van der Waals surface area contributed by atoms with Crippen molar-refractivity contribution in [2.75, 3.05) is 10.6 Å². The Hall–Kier alpha value is -2.79. The number of ether oxygens (including phenoxy) is 1. The van der Waals surface area contributed by atoms with Gasteiger partial charge >= 0.3 is 0 Å². The van der Waals surface area contributed by atoms with Crippen LogP contribution in [-0.4, -0.2) is 12.0 Å². The zero-order chi connectivity index (χ0) is 18.4. The van der Waals surface area contributed by atoms with Gasteiger partial charge in [0.1, 0.15) is 5.75 Å². The fraction of sp³-hybridized carbons (Fsp3) is 0.0952. The van der Waals surface area contributed by atoms with Crippen molar-refractivity contribution >= 4 is 38.9 Å². The molecule has 3 aromatic carbocycles. The number of nitrogens with one attached hydrogen (secondary N) is 2. The van der Waals surface area contributed by atoms with Crippen LogP contribution in [0.1, 0.15) is 6.92 Å². The lowest BCUT2D eigenvalue weighted by atomic mass is 10.2. The van der Waals surface area contributed by atoms with Crippen molar-refractivity contribution in [3.05, 3.63) is 83.3 Å². The molecule has 5 heteroatoms. The largest absolute Gasteiger partial charge is 0.481 e. The van der Waals surface area contributed by atoms with E-state index in [1.54, 1.807) is 6.92 Å². The quantitative estimate of drug-likeness (QED) is 0.555. The van der Waals surface area contributed by atoms with Gasteiger partial charge in [-0.25, -0.2) is 0 Å². The van der Waals surface area contributed by atoms with Gasteiger partial charge in [-0.05, 0) is 67.6 Å². The molecular formula is C21H19BrN2O2. The smallest absolute Gasteiger partial charge is 0.265 e. The molecular weight excluding hydrogens is 392 g/mol. The Morgan fingerprint density at radius 3 is 2.08 bits per heavy atom. The predicted molar refractivity (Wildman–Crippen MR) is 109 cm³/mol. The van der Waals surface area contributed by atoms with Crippen LogP contribution in [0.15, 0.2) is 83.3 Å². The van der Waals surface area contributed by atoms with Gasteiger partial charge < -0.3 is 15.4 Å². The number of hydrogen-bond donors (Lipinski definition) is 2. The van der Waals surface area contributed by atoms with Crippen LogP contribution in [-0.2, 0) is 4.79 Å². The van der Waals surface area contributed by atoms with Crippen molar-refractivity contribution in [3.63, 3.8) is 0 Å². The van der Waals surface area contributed by atoms with E-state index in [-0.39, 0.29) is 5.91 Å². The molecule has 0 bridgehead atoms. The van der Waals surface area contributed by atoms with Crippen LogP contribution in [0.5, 0.6) is 5.75 Å². The van der Waals surface area contributed by atoms with Crippen molar-refractivity contribution in [2.24, 2.45) is 0 Å². The number of halogens is 1. The summed E-state index contributed by atoms with van der Waals surface area (Å²) >= 11 is 3.37. The molecule has 1 atom stereocenters. The first kappa shape index (κ1) is 18.0. The molecule has 1 unspecified atom stereocenters. The fourth-order valence-corrected chi connectivity index (χ4v) is 2.60. The molecule has 0 radical (unpaired) electrons. The molecule has 3 aromatic rings. The number of anilines is 3. The minimum absolute atomic E-state index is 0.198. The van der Waals surface area contributed by atoms with Gasteiger partial charge in [0, 0.05) is 21.5 Å². The van der Waals surface area contributed by atoms with Crippen molar-refractivity contribution < 1.29 is 9.53 Å². The molecule has 132 valence electrons. The molecule has 1 amide bonds. The number of carbonyl (C=O) groups is 1. The summed E-state index contributed by atoms with van der Waals surface area (Å²) in [6.45, 7) is 1.72. The van der Waals surface area contributed by atoms with Crippen molar-refractivity contribution in [3.8, 4) is 5.75 Å². The van der Waals surface area contributed by atoms with Gasteiger partial charge in [-0.15, -0.1) is 0 Å². The van der Waals surface area contributed by atoms with Gasteiger partial charge in [0.15, 0.2) is 6.10 Å². The first-order chi connectivity index (χ1) is 12.6. The molecule has 26 heavy (non-hydrogen) atoms. The monoisotopic (exact) mass is 410 g/mol. The highest BCUT2D eigenvalue weighted by Gasteiger charge is 2.14. The summed E-state index contributed by atoms with van der Waals surface area (Å²) in [6, 6.07) is 24.9. The third kappa shape index (κ3) is 5.10. The highest BCUT2D eigenvalue weighted by atomic mass is 79.9. The first-order valence-corrected chi connectivity index (χ1v) is 9.05. The molecule has 0 fully saturated rings. The maximum absolute atomic E-state index is 12.3. The van der Waals surface area contributed by atoms with Gasteiger partial charge in [-0.1, -0.05) is 34.1 Å². The molecule has 3 rings (SSSR count). The molecule has 0 aliphatic heterocycles. The Morgan fingerprint density at radius 2 is 1.42 bits per heavy atom. The topological polar surface area (TPSA) is 50.4 Å². The Morgan fingerprint density at radius 1 is 0.846 bits per heavy atom. The van der Waals surface area contributed by atoms with E-state index in [2.05, 4.69) is 26.6 Å². The second-order valence-electron chi connectivity index (χ2n) is 5.77. The summed E-state index contributed by atoms with van der Waals surface area (Å²) in [4.78, 5) is 12.3. The third-order valence-electron chi connectivity index (χ3n) is 3.71. The highest BCUT2D eigenvalue weighted by Crippen LogP contribution is 2.20. The number of rotatable bonds is 6. The average molecular weight is 411 g/mol. The number of benzene rings is 3. The van der Waals surface area contributed by atoms with Crippen LogP contribution in [0.2, 0.25) is 0 Å². The lowest BCUT2D eigenvalue weighted by Gasteiger charge is -2.15. The Kier molecular flexibility index (Phi) is 5.92. The Bertz CT molecular complexity index is 849. The van der Waals surface area contributed by atoms with Crippen LogP contribution < -0.4 is 15.4 Å². The van der Waals surface area contributed by atoms with E-state index in [4.69, 9.17) is 4.74 Å².